The Hall–Kier alpha value is -1.96. The lowest BCUT2D eigenvalue weighted by Crippen LogP contribution is -2.15. The number of benzene rings is 1. The van der Waals surface area contributed by atoms with Gasteiger partial charge in [0.15, 0.2) is 0 Å². The number of esters is 1. The van der Waals surface area contributed by atoms with Crippen LogP contribution in [0.3, 0.4) is 0 Å². The van der Waals surface area contributed by atoms with Gasteiger partial charge in [0.1, 0.15) is 5.75 Å². The highest BCUT2D eigenvalue weighted by Gasteiger charge is 2.21. The van der Waals surface area contributed by atoms with Gasteiger partial charge in [-0.2, -0.15) is 0 Å². The van der Waals surface area contributed by atoms with Crippen molar-refractivity contribution in [2.45, 2.75) is 19.9 Å². The third-order valence-corrected chi connectivity index (χ3v) is 3.59. The molecule has 0 amide bonds. The Balaban J connectivity index is 1.92. The van der Waals surface area contributed by atoms with Crippen LogP contribution in [0.1, 0.15) is 28.7 Å². The van der Waals surface area contributed by atoms with Crippen molar-refractivity contribution in [3.63, 3.8) is 0 Å². The molecule has 0 aliphatic carbocycles. The largest absolute Gasteiger partial charge is 0.493 e. The number of tetrazole rings is 1. The Morgan fingerprint density at radius 1 is 1.52 bits per heavy atom. The molecule has 0 bridgehead atoms. The van der Waals surface area contributed by atoms with Crippen LogP contribution < -0.4 is 4.74 Å². The van der Waals surface area contributed by atoms with E-state index in [4.69, 9.17) is 9.47 Å². The molecule has 2 aromatic rings. The van der Waals surface area contributed by atoms with Gasteiger partial charge in [-0.25, -0.2) is 9.48 Å². The zero-order valence-corrected chi connectivity index (χ0v) is 13.0. The highest BCUT2D eigenvalue weighted by molar-refractivity contribution is 9.10. The van der Waals surface area contributed by atoms with Gasteiger partial charge in [-0.3, -0.25) is 0 Å². The van der Waals surface area contributed by atoms with E-state index in [1.165, 1.54) is 4.68 Å². The molecule has 0 fully saturated rings. The summed E-state index contributed by atoms with van der Waals surface area (Å²) in [7, 11) is 0. The van der Waals surface area contributed by atoms with Gasteiger partial charge in [0, 0.05) is 16.5 Å². The van der Waals surface area contributed by atoms with Gasteiger partial charge in [-0.15, -0.1) is 5.10 Å². The van der Waals surface area contributed by atoms with E-state index in [0.29, 0.717) is 13.2 Å². The summed E-state index contributed by atoms with van der Waals surface area (Å²) in [6, 6.07) is 3.98. The second-order valence-electron chi connectivity index (χ2n) is 4.53. The Labute approximate surface area is 129 Å². The standard InChI is InChI=1S/C13H13BrN4O3/c1-2-20-13(19)12-15-16-17-18(12)7-9-6-10(14)5-8-3-4-21-11(8)9/h5-6H,2-4,7H2,1H3. The lowest BCUT2D eigenvalue weighted by atomic mass is 10.1. The first kappa shape index (κ1) is 14.0. The molecule has 0 unspecified atom stereocenters. The highest BCUT2D eigenvalue weighted by Crippen LogP contribution is 2.33. The van der Waals surface area contributed by atoms with E-state index < -0.39 is 5.97 Å². The SMILES string of the molecule is CCOC(=O)c1nnnn1Cc1cc(Br)cc2c1OCC2. The molecule has 3 rings (SSSR count). The molecule has 0 spiro atoms. The van der Waals surface area contributed by atoms with Crippen LogP contribution in [0.4, 0.5) is 0 Å². The van der Waals surface area contributed by atoms with Crippen LogP contribution >= 0.6 is 15.9 Å². The topological polar surface area (TPSA) is 79.1 Å². The molecule has 8 heteroatoms. The molecule has 0 atom stereocenters. The van der Waals surface area contributed by atoms with Crippen molar-refractivity contribution in [2.75, 3.05) is 13.2 Å². The first-order chi connectivity index (χ1) is 10.2. The van der Waals surface area contributed by atoms with E-state index in [1.807, 2.05) is 12.1 Å². The monoisotopic (exact) mass is 352 g/mol. The molecule has 7 nitrogen and oxygen atoms in total. The highest BCUT2D eigenvalue weighted by atomic mass is 79.9. The smallest absolute Gasteiger partial charge is 0.378 e. The molecular formula is C13H13BrN4O3. The van der Waals surface area contributed by atoms with Gasteiger partial charge in [-0.1, -0.05) is 15.9 Å². The summed E-state index contributed by atoms with van der Waals surface area (Å²) >= 11 is 3.48. The van der Waals surface area contributed by atoms with Gasteiger partial charge in [0.2, 0.25) is 0 Å². The number of aromatic nitrogens is 4. The molecule has 1 aromatic carbocycles. The number of fused-ring (bicyclic) bond motifs is 1. The van der Waals surface area contributed by atoms with Gasteiger partial charge >= 0.3 is 5.97 Å². The van der Waals surface area contributed by atoms with Gasteiger partial charge in [0.25, 0.3) is 5.82 Å². The van der Waals surface area contributed by atoms with Crippen LogP contribution in [-0.2, 0) is 17.7 Å². The molecule has 2 heterocycles. The number of hydrogen-bond acceptors (Lipinski definition) is 6. The van der Waals surface area contributed by atoms with Gasteiger partial charge in [-0.05, 0) is 35.0 Å². The summed E-state index contributed by atoms with van der Waals surface area (Å²) in [5.74, 6) is 0.405. The Bertz CT molecular complexity index is 686. The third-order valence-electron chi connectivity index (χ3n) is 3.14. The van der Waals surface area contributed by atoms with Crippen molar-refractivity contribution >= 4 is 21.9 Å². The fraction of sp³-hybridized carbons (Fsp3) is 0.385. The minimum Gasteiger partial charge on any atom is -0.493 e. The van der Waals surface area contributed by atoms with Crippen LogP contribution in [0.5, 0.6) is 5.75 Å². The molecular weight excluding hydrogens is 340 g/mol. The molecule has 0 N–H and O–H groups in total. The summed E-state index contributed by atoms with van der Waals surface area (Å²) in [5.41, 5.74) is 2.07. The molecule has 0 radical (unpaired) electrons. The Morgan fingerprint density at radius 2 is 2.38 bits per heavy atom. The molecule has 0 saturated carbocycles. The van der Waals surface area contributed by atoms with E-state index >= 15 is 0 Å². The molecule has 1 aliphatic rings. The number of halogens is 1. The summed E-state index contributed by atoms with van der Waals surface area (Å²) < 4.78 is 13.0. The number of rotatable bonds is 4. The number of hydrogen-bond donors (Lipinski definition) is 0. The first-order valence-electron chi connectivity index (χ1n) is 6.56. The maximum atomic E-state index is 11.8. The normalized spacial score (nSPS) is 12.9. The number of carbonyl (C=O) groups excluding carboxylic acids is 1. The van der Waals surface area contributed by atoms with Crippen LogP contribution in [0.25, 0.3) is 0 Å². The molecule has 0 saturated heterocycles. The first-order valence-corrected chi connectivity index (χ1v) is 7.35. The zero-order chi connectivity index (χ0) is 14.8. The lowest BCUT2D eigenvalue weighted by Gasteiger charge is -2.09. The van der Waals surface area contributed by atoms with Crippen molar-refractivity contribution in [1.82, 2.24) is 20.2 Å². The van der Waals surface area contributed by atoms with Gasteiger partial charge < -0.3 is 9.47 Å². The van der Waals surface area contributed by atoms with E-state index in [-0.39, 0.29) is 12.4 Å². The fourth-order valence-electron chi connectivity index (χ4n) is 2.28. The molecule has 1 aliphatic heterocycles. The number of nitrogens with zero attached hydrogens (tertiary/aromatic N) is 4. The molecule has 21 heavy (non-hydrogen) atoms. The zero-order valence-electron chi connectivity index (χ0n) is 11.4. The maximum absolute atomic E-state index is 11.8. The van der Waals surface area contributed by atoms with Crippen molar-refractivity contribution in [3.8, 4) is 5.75 Å². The summed E-state index contributed by atoms with van der Waals surface area (Å²) in [4.78, 5) is 11.8. The number of ether oxygens (including phenoxy) is 2. The van der Waals surface area contributed by atoms with E-state index in [2.05, 4.69) is 31.5 Å². The maximum Gasteiger partial charge on any atom is 0.378 e. The van der Waals surface area contributed by atoms with Crippen molar-refractivity contribution in [3.05, 3.63) is 33.6 Å². The van der Waals surface area contributed by atoms with Crippen LogP contribution in [0.15, 0.2) is 16.6 Å². The van der Waals surface area contributed by atoms with E-state index in [1.54, 1.807) is 6.92 Å². The Morgan fingerprint density at radius 3 is 3.19 bits per heavy atom. The second-order valence-corrected chi connectivity index (χ2v) is 5.45. The number of carbonyl (C=O) groups is 1. The second kappa shape index (κ2) is 5.80. The van der Waals surface area contributed by atoms with Crippen molar-refractivity contribution in [2.24, 2.45) is 0 Å². The predicted octanol–water partition coefficient (Wildman–Crippen LogP) is 1.60. The van der Waals surface area contributed by atoms with Gasteiger partial charge in [0.05, 0.1) is 19.8 Å². The van der Waals surface area contributed by atoms with Crippen molar-refractivity contribution < 1.29 is 14.3 Å². The van der Waals surface area contributed by atoms with E-state index in [0.717, 1.165) is 27.8 Å². The average Bonchev–Trinajstić information content (AvgIpc) is 3.07. The van der Waals surface area contributed by atoms with Crippen LogP contribution in [0, 0.1) is 0 Å². The third kappa shape index (κ3) is 2.76. The summed E-state index contributed by atoms with van der Waals surface area (Å²) in [5, 5.41) is 11.1. The van der Waals surface area contributed by atoms with Crippen LogP contribution in [0.2, 0.25) is 0 Å². The lowest BCUT2D eigenvalue weighted by molar-refractivity contribution is 0.0505. The minimum absolute atomic E-state index is 0.0866. The Kier molecular flexibility index (Phi) is 3.87. The fourth-order valence-corrected chi connectivity index (χ4v) is 2.83. The molecule has 110 valence electrons. The van der Waals surface area contributed by atoms with E-state index in [9.17, 15) is 4.79 Å². The van der Waals surface area contributed by atoms with Crippen molar-refractivity contribution in [1.29, 1.82) is 0 Å². The predicted molar refractivity (Wildman–Crippen MR) is 76.2 cm³/mol. The average molecular weight is 353 g/mol. The van der Waals surface area contributed by atoms with Crippen LogP contribution in [-0.4, -0.2) is 39.4 Å². The molecule has 1 aromatic heterocycles. The summed E-state index contributed by atoms with van der Waals surface area (Å²) in [6.45, 7) is 3.03. The summed E-state index contributed by atoms with van der Waals surface area (Å²) in [6.07, 6.45) is 0.877. The quantitative estimate of drug-likeness (QED) is 0.777. The minimum atomic E-state index is -0.532.